The molecule has 3 heterocycles. The van der Waals surface area contributed by atoms with Gasteiger partial charge in [0.1, 0.15) is 18.9 Å². The number of likely N-dealkylation sites (tertiary alicyclic amines) is 1. The molecule has 0 radical (unpaired) electrons. The number of rotatable bonds is 8. The Kier molecular flexibility index (Phi) is 6.69. The van der Waals surface area contributed by atoms with E-state index in [-0.39, 0.29) is 42.2 Å². The number of ether oxygens (including phenoxy) is 2. The van der Waals surface area contributed by atoms with E-state index in [1.807, 2.05) is 0 Å². The Hall–Kier alpha value is -2.26. The van der Waals surface area contributed by atoms with Crippen molar-refractivity contribution < 1.29 is 29.0 Å². The lowest BCUT2D eigenvalue weighted by molar-refractivity contribution is -0.162. The molecule has 0 aromatic rings. The molecule has 0 aromatic heterocycles. The van der Waals surface area contributed by atoms with Gasteiger partial charge in [-0.2, -0.15) is 0 Å². The Morgan fingerprint density at radius 1 is 1.31 bits per heavy atom. The highest BCUT2D eigenvalue weighted by atomic mass is 32.2. The summed E-state index contributed by atoms with van der Waals surface area (Å²) in [6.07, 6.45) is 3.09. The molecule has 0 saturated carbocycles. The van der Waals surface area contributed by atoms with Crippen LogP contribution < -0.4 is 0 Å². The summed E-state index contributed by atoms with van der Waals surface area (Å²) in [7, 11) is 0. The molecule has 0 unspecified atom stereocenters. The summed E-state index contributed by atoms with van der Waals surface area (Å²) >= 11 is 1.50. The Morgan fingerprint density at radius 2 is 2.00 bits per heavy atom. The lowest BCUT2D eigenvalue weighted by Gasteiger charge is -2.44. The molecule has 3 aliphatic rings. The fraction of sp³-hybridized carbons (Fsp3) is 0.550. The van der Waals surface area contributed by atoms with E-state index in [0.29, 0.717) is 19.5 Å². The summed E-state index contributed by atoms with van der Waals surface area (Å²) in [6.45, 7) is 9.94. The SMILES string of the molecule is C=CCOC(=O)C1=C(S[C@H]2CCN(C(=O)OCC=C)C2)C[C@@H]2[C@H]([C@H](C)O)C(=O)N12. The minimum Gasteiger partial charge on any atom is -0.457 e. The van der Waals surface area contributed by atoms with Crippen molar-refractivity contribution >= 4 is 29.7 Å². The smallest absolute Gasteiger partial charge is 0.410 e. The number of nitrogens with zero attached hydrogens (tertiary/aromatic N) is 2. The van der Waals surface area contributed by atoms with Crippen LogP contribution in [0.1, 0.15) is 19.8 Å². The second-order valence-electron chi connectivity index (χ2n) is 7.25. The molecule has 0 aliphatic carbocycles. The van der Waals surface area contributed by atoms with Gasteiger partial charge in [0.25, 0.3) is 0 Å². The van der Waals surface area contributed by atoms with Crippen LogP contribution in [0.15, 0.2) is 35.9 Å². The van der Waals surface area contributed by atoms with Gasteiger partial charge >= 0.3 is 12.1 Å². The molecule has 2 amide bonds. The third-order valence-corrected chi connectivity index (χ3v) is 6.61. The lowest BCUT2D eigenvalue weighted by Crippen LogP contribution is -2.61. The molecule has 1 N–H and O–H groups in total. The van der Waals surface area contributed by atoms with Crippen LogP contribution in [-0.4, -0.2) is 76.6 Å². The minimum atomic E-state index is -0.778. The van der Waals surface area contributed by atoms with Gasteiger partial charge < -0.3 is 24.4 Å². The molecule has 0 spiro atoms. The molecular weight excluding hydrogens is 396 g/mol. The molecule has 8 nitrogen and oxygen atoms in total. The van der Waals surface area contributed by atoms with E-state index in [0.717, 1.165) is 11.3 Å². The molecule has 3 rings (SSSR count). The number of fused-ring (bicyclic) bond motifs is 1. The van der Waals surface area contributed by atoms with Crippen LogP contribution in [0.25, 0.3) is 0 Å². The van der Waals surface area contributed by atoms with Crippen LogP contribution >= 0.6 is 11.8 Å². The van der Waals surface area contributed by atoms with Gasteiger partial charge in [-0.25, -0.2) is 9.59 Å². The Bertz CT molecular complexity index is 749. The molecule has 0 bridgehead atoms. The molecule has 158 valence electrons. The largest absolute Gasteiger partial charge is 0.457 e. The van der Waals surface area contributed by atoms with E-state index in [1.54, 1.807) is 11.8 Å². The van der Waals surface area contributed by atoms with Crippen LogP contribution in [0.2, 0.25) is 0 Å². The van der Waals surface area contributed by atoms with Crippen molar-refractivity contribution in [2.75, 3.05) is 26.3 Å². The first kappa shape index (κ1) is 21.4. The molecule has 29 heavy (non-hydrogen) atoms. The summed E-state index contributed by atoms with van der Waals surface area (Å²) in [6, 6.07) is -0.230. The van der Waals surface area contributed by atoms with Gasteiger partial charge in [0, 0.05) is 29.7 Å². The Morgan fingerprint density at radius 3 is 2.66 bits per heavy atom. The molecule has 0 aromatic carbocycles. The maximum atomic E-state index is 12.6. The van der Waals surface area contributed by atoms with Gasteiger partial charge in [0.05, 0.1) is 18.1 Å². The van der Waals surface area contributed by atoms with E-state index in [4.69, 9.17) is 9.47 Å². The van der Waals surface area contributed by atoms with Crippen molar-refractivity contribution in [3.63, 3.8) is 0 Å². The number of β-lactam (4-membered cyclic amide) rings is 1. The maximum absolute atomic E-state index is 12.6. The minimum absolute atomic E-state index is 0.0547. The average Bonchev–Trinajstić information content (AvgIpc) is 3.27. The summed E-state index contributed by atoms with van der Waals surface area (Å²) in [5.41, 5.74) is 0.261. The van der Waals surface area contributed by atoms with Gasteiger partial charge in [-0.1, -0.05) is 25.3 Å². The Labute approximate surface area is 174 Å². The number of aliphatic hydroxyl groups is 1. The molecule has 4 atom stereocenters. The van der Waals surface area contributed by atoms with Gasteiger partial charge in [-0.3, -0.25) is 4.79 Å². The van der Waals surface area contributed by atoms with Crippen molar-refractivity contribution in [3.05, 3.63) is 35.9 Å². The first-order valence-corrected chi connectivity index (χ1v) is 10.5. The quantitative estimate of drug-likeness (QED) is 0.361. The highest BCUT2D eigenvalue weighted by Gasteiger charge is 2.57. The van der Waals surface area contributed by atoms with Crippen LogP contribution in [0.4, 0.5) is 4.79 Å². The summed E-state index contributed by atoms with van der Waals surface area (Å²) in [5.74, 6) is -1.33. The number of hydrogen-bond acceptors (Lipinski definition) is 7. The average molecular weight is 423 g/mol. The van der Waals surface area contributed by atoms with Gasteiger partial charge in [0.15, 0.2) is 0 Å². The number of carbonyl (C=O) groups is 3. The fourth-order valence-corrected chi connectivity index (χ4v) is 5.38. The predicted molar refractivity (Wildman–Crippen MR) is 108 cm³/mol. The summed E-state index contributed by atoms with van der Waals surface area (Å²) < 4.78 is 10.3. The zero-order chi connectivity index (χ0) is 21.1. The van der Waals surface area contributed by atoms with Crippen molar-refractivity contribution in [2.45, 2.75) is 37.2 Å². The zero-order valence-electron chi connectivity index (χ0n) is 16.4. The number of thioether (sulfide) groups is 1. The van der Waals surface area contributed by atoms with E-state index in [9.17, 15) is 19.5 Å². The van der Waals surface area contributed by atoms with Gasteiger partial charge in [-0.15, -0.1) is 11.8 Å². The highest BCUT2D eigenvalue weighted by Crippen LogP contribution is 2.49. The van der Waals surface area contributed by atoms with Crippen LogP contribution in [0, 0.1) is 5.92 Å². The van der Waals surface area contributed by atoms with Crippen molar-refractivity contribution in [3.8, 4) is 0 Å². The van der Waals surface area contributed by atoms with Crippen molar-refractivity contribution in [1.82, 2.24) is 9.80 Å². The number of carbonyl (C=O) groups excluding carboxylic acids is 3. The lowest BCUT2D eigenvalue weighted by atomic mass is 9.83. The third kappa shape index (κ3) is 4.20. The molecule has 9 heteroatoms. The molecule has 2 saturated heterocycles. The normalized spacial score (nSPS) is 26.7. The number of esters is 1. The van der Waals surface area contributed by atoms with E-state index >= 15 is 0 Å². The summed E-state index contributed by atoms with van der Waals surface area (Å²) in [5, 5.41) is 10.0. The monoisotopic (exact) mass is 422 g/mol. The first-order chi connectivity index (χ1) is 13.9. The fourth-order valence-electron chi connectivity index (χ4n) is 3.94. The van der Waals surface area contributed by atoms with E-state index in [1.165, 1.54) is 28.8 Å². The van der Waals surface area contributed by atoms with Crippen LogP contribution in [-0.2, 0) is 19.1 Å². The summed E-state index contributed by atoms with van der Waals surface area (Å²) in [4.78, 5) is 41.0. The van der Waals surface area contributed by atoms with Gasteiger partial charge in [0.2, 0.25) is 5.91 Å². The third-order valence-electron chi connectivity index (χ3n) is 5.25. The van der Waals surface area contributed by atoms with Crippen molar-refractivity contribution in [1.29, 1.82) is 0 Å². The van der Waals surface area contributed by atoms with Crippen LogP contribution in [0.3, 0.4) is 0 Å². The molecule has 3 aliphatic heterocycles. The zero-order valence-corrected chi connectivity index (χ0v) is 17.2. The number of aliphatic hydroxyl groups excluding tert-OH is 1. The highest BCUT2D eigenvalue weighted by molar-refractivity contribution is 8.03. The second-order valence-corrected chi connectivity index (χ2v) is 8.64. The molecular formula is C20H26N2O6S. The standard InChI is InChI=1S/C20H26N2O6S/c1-4-8-27-19(25)17-15(10-14-16(12(3)23)18(24)22(14)17)29-13-6-7-21(11-13)20(26)28-9-5-2/h4-5,12-14,16,23H,1-2,6-11H2,3H3/t12-,13-,14+,16-/m0/s1. The second kappa shape index (κ2) is 9.04. The van der Waals surface area contributed by atoms with E-state index < -0.39 is 18.0 Å². The van der Waals surface area contributed by atoms with Crippen LogP contribution in [0.5, 0.6) is 0 Å². The first-order valence-electron chi connectivity index (χ1n) is 9.60. The number of hydrogen-bond donors (Lipinski definition) is 1. The Balaban J connectivity index is 1.72. The number of amides is 2. The van der Waals surface area contributed by atoms with Crippen molar-refractivity contribution in [2.24, 2.45) is 5.92 Å². The topological polar surface area (TPSA) is 96.4 Å². The predicted octanol–water partition coefficient (Wildman–Crippen LogP) is 1.67. The maximum Gasteiger partial charge on any atom is 0.410 e. The van der Waals surface area contributed by atoms with Gasteiger partial charge in [-0.05, 0) is 13.3 Å². The van der Waals surface area contributed by atoms with E-state index in [2.05, 4.69) is 13.2 Å². The molecule has 2 fully saturated rings.